The van der Waals surface area contributed by atoms with Crippen molar-refractivity contribution in [1.82, 2.24) is 25.1 Å². The van der Waals surface area contributed by atoms with E-state index in [1.54, 1.807) is 18.3 Å². The molecule has 1 atom stereocenters. The van der Waals surface area contributed by atoms with E-state index in [0.717, 1.165) is 58.8 Å². The number of carbonyl (C=O) groups excluding carboxylic acids is 2. The van der Waals surface area contributed by atoms with Crippen LogP contribution in [0.4, 0.5) is 14.9 Å². The van der Waals surface area contributed by atoms with E-state index < -0.39 is 11.9 Å². The topological polar surface area (TPSA) is 126 Å². The minimum absolute atomic E-state index is 0.0299. The van der Waals surface area contributed by atoms with Gasteiger partial charge in [-0.2, -0.15) is 0 Å². The molecule has 2 fully saturated rings. The molecule has 10 nitrogen and oxygen atoms in total. The smallest absolute Gasteiger partial charge is 0.319 e. The Labute approximate surface area is 259 Å². The molecule has 1 saturated carbocycles. The number of thiophene rings is 1. The number of pyridine rings is 2. The average Bonchev–Trinajstić information content (AvgIpc) is 3.72. The minimum atomic E-state index is -0.583. The number of aromatic nitrogens is 2. The molecule has 1 aliphatic heterocycles. The normalized spacial score (nSPS) is 16.2. The number of halogens is 1. The number of anilines is 1. The maximum Gasteiger partial charge on any atom is 0.319 e. The second kappa shape index (κ2) is 12.8. The van der Waals surface area contributed by atoms with E-state index in [4.69, 9.17) is 15.5 Å². The Balaban J connectivity index is 1.08. The molecule has 1 unspecified atom stereocenters. The van der Waals surface area contributed by atoms with Crippen LogP contribution in [-0.4, -0.2) is 70.0 Å². The van der Waals surface area contributed by atoms with E-state index >= 15 is 0 Å². The van der Waals surface area contributed by atoms with Crippen LogP contribution < -0.4 is 21.1 Å². The summed E-state index contributed by atoms with van der Waals surface area (Å²) in [5, 5.41) is 5.47. The number of rotatable bonds is 9. The van der Waals surface area contributed by atoms with Gasteiger partial charge in [-0.1, -0.05) is 19.9 Å². The number of piperazine rings is 1. The number of hydrogen-bond donors (Lipinski definition) is 3. The molecular formula is C32H36FN7O3S. The van der Waals surface area contributed by atoms with E-state index in [0.29, 0.717) is 24.5 Å². The van der Waals surface area contributed by atoms with Gasteiger partial charge >= 0.3 is 6.03 Å². The molecule has 4 aromatic rings. The van der Waals surface area contributed by atoms with Gasteiger partial charge in [0.1, 0.15) is 5.75 Å². The summed E-state index contributed by atoms with van der Waals surface area (Å²) < 4.78 is 21.7. The lowest BCUT2D eigenvalue weighted by Gasteiger charge is -2.36. The molecule has 3 amide bonds. The van der Waals surface area contributed by atoms with Crippen LogP contribution in [0.3, 0.4) is 0 Å². The average molecular weight is 618 g/mol. The van der Waals surface area contributed by atoms with Crippen molar-refractivity contribution in [3.63, 3.8) is 0 Å². The molecule has 0 spiro atoms. The second-order valence-electron chi connectivity index (χ2n) is 11.7. The number of nitrogens with zero attached hydrogens (tertiary/aromatic N) is 4. The van der Waals surface area contributed by atoms with Crippen molar-refractivity contribution in [1.29, 1.82) is 0 Å². The van der Waals surface area contributed by atoms with Crippen molar-refractivity contribution >= 4 is 39.2 Å². The van der Waals surface area contributed by atoms with E-state index in [1.165, 1.54) is 23.5 Å². The van der Waals surface area contributed by atoms with Gasteiger partial charge in [0.15, 0.2) is 11.6 Å². The summed E-state index contributed by atoms with van der Waals surface area (Å²) in [6, 6.07) is 11.5. The van der Waals surface area contributed by atoms with Gasteiger partial charge in [0.25, 0.3) is 0 Å². The van der Waals surface area contributed by atoms with Gasteiger partial charge in [-0.3, -0.25) is 19.7 Å². The summed E-state index contributed by atoms with van der Waals surface area (Å²) in [5.74, 6) is 0.108. The van der Waals surface area contributed by atoms with Crippen LogP contribution in [0.1, 0.15) is 32.3 Å². The summed E-state index contributed by atoms with van der Waals surface area (Å²) in [5.41, 5.74) is 9.05. The Morgan fingerprint density at radius 1 is 1.07 bits per heavy atom. The van der Waals surface area contributed by atoms with Gasteiger partial charge in [0.2, 0.25) is 5.91 Å². The Morgan fingerprint density at radius 2 is 1.86 bits per heavy atom. The van der Waals surface area contributed by atoms with Crippen molar-refractivity contribution in [2.24, 2.45) is 11.7 Å². The van der Waals surface area contributed by atoms with Crippen LogP contribution in [0, 0.1) is 11.7 Å². The van der Waals surface area contributed by atoms with E-state index in [2.05, 4.69) is 26.6 Å². The number of urea groups is 1. The largest absolute Gasteiger partial charge is 0.453 e. The lowest BCUT2D eigenvalue weighted by molar-refractivity contribution is -0.135. The Kier molecular flexibility index (Phi) is 8.74. The molecule has 0 radical (unpaired) electrons. The van der Waals surface area contributed by atoms with Crippen LogP contribution in [0.15, 0.2) is 54.9 Å². The molecular weight excluding hydrogens is 581 g/mol. The summed E-state index contributed by atoms with van der Waals surface area (Å²) in [4.78, 5) is 38.9. The highest BCUT2D eigenvalue weighted by Crippen LogP contribution is 2.39. The van der Waals surface area contributed by atoms with Crippen molar-refractivity contribution < 1.29 is 18.7 Å². The van der Waals surface area contributed by atoms with Crippen LogP contribution >= 0.6 is 11.3 Å². The third-order valence-electron chi connectivity index (χ3n) is 7.87. The Hall–Kier alpha value is -4.13. The van der Waals surface area contributed by atoms with Crippen LogP contribution in [-0.2, 0) is 11.3 Å². The number of benzene rings is 1. The summed E-state index contributed by atoms with van der Waals surface area (Å²) in [7, 11) is 0. The predicted octanol–water partition coefficient (Wildman–Crippen LogP) is 5.20. The Morgan fingerprint density at radius 3 is 2.55 bits per heavy atom. The van der Waals surface area contributed by atoms with Gasteiger partial charge in [0.05, 0.1) is 26.8 Å². The van der Waals surface area contributed by atoms with Crippen molar-refractivity contribution in [2.75, 3.05) is 31.5 Å². The fourth-order valence-corrected chi connectivity index (χ4v) is 6.07. The van der Waals surface area contributed by atoms with Crippen LogP contribution in [0.25, 0.3) is 20.8 Å². The third kappa shape index (κ3) is 6.98. The lowest BCUT2D eigenvalue weighted by atomic mass is 10.0. The van der Waals surface area contributed by atoms with Crippen molar-refractivity contribution in [2.45, 2.75) is 45.3 Å². The number of amides is 3. The Bertz CT molecular complexity index is 1650. The summed E-state index contributed by atoms with van der Waals surface area (Å²) in [6.07, 6.45) is 5.45. The molecule has 0 bridgehead atoms. The number of ether oxygens (including phenoxy) is 1. The van der Waals surface area contributed by atoms with Gasteiger partial charge in [0, 0.05) is 69.0 Å². The molecule has 1 saturated heterocycles. The van der Waals surface area contributed by atoms with Crippen molar-refractivity contribution in [3.8, 4) is 22.1 Å². The fraction of sp³-hybridized carbons (Fsp3) is 0.375. The molecule has 4 N–H and O–H groups in total. The van der Waals surface area contributed by atoms with Gasteiger partial charge in [-0.05, 0) is 48.6 Å². The predicted molar refractivity (Wildman–Crippen MR) is 169 cm³/mol. The number of nitrogens with one attached hydrogen (secondary N) is 2. The highest BCUT2D eigenvalue weighted by Gasteiger charge is 2.27. The molecule has 4 heterocycles. The molecule has 44 heavy (non-hydrogen) atoms. The summed E-state index contributed by atoms with van der Waals surface area (Å²) in [6.45, 7) is 7.62. The first-order chi connectivity index (χ1) is 21.2. The van der Waals surface area contributed by atoms with Crippen LogP contribution in [0.2, 0.25) is 0 Å². The van der Waals surface area contributed by atoms with E-state index in [-0.39, 0.29) is 29.6 Å². The maximum absolute atomic E-state index is 14.9. The first kappa shape index (κ1) is 29.9. The molecule has 12 heteroatoms. The zero-order chi connectivity index (χ0) is 30.8. The minimum Gasteiger partial charge on any atom is -0.453 e. The SMILES string of the molecule is CC(C)C(N)C(=O)N1CCN(Cc2ccc(-c3cc4nccc(Oc5ccc(NC(=O)NC6CC6)cc5F)c4s3)nc2)CC1. The number of carbonyl (C=O) groups is 2. The molecule has 230 valence electrons. The van der Waals surface area contributed by atoms with Gasteiger partial charge < -0.3 is 26.0 Å². The molecule has 6 rings (SSSR count). The van der Waals surface area contributed by atoms with Gasteiger partial charge in [-0.25, -0.2) is 9.18 Å². The lowest BCUT2D eigenvalue weighted by Crippen LogP contribution is -2.54. The number of hydrogen-bond acceptors (Lipinski definition) is 8. The quantitative estimate of drug-likeness (QED) is 0.236. The molecule has 2 aliphatic rings. The van der Waals surface area contributed by atoms with Crippen molar-refractivity contribution in [3.05, 3.63) is 66.2 Å². The van der Waals surface area contributed by atoms with E-state index in [9.17, 15) is 14.0 Å². The third-order valence-corrected chi connectivity index (χ3v) is 9.03. The standard InChI is InChI=1S/C32H36FN7O3S/c1-19(2)29(34)31(41)40-13-11-39(12-14-40)18-20-3-7-24(36-17-20)28-16-25-30(44-28)27(9-10-35-25)43-26-8-6-22(15-23(26)33)38-32(42)37-21-4-5-21/h3,6-10,15-17,19,21,29H,4-5,11-14,18,34H2,1-2H3,(H2,37,38,42). The zero-order valence-corrected chi connectivity index (χ0v) is 25.6. The van der Waals surface area contributed by atoms with Gasteiger partial charge in [-0.15, -0.1) is 11.3 Å². The first-order valence-electron chi connectivity index (χ1n) is 14.9. The highest BCUT2D eigenvalue weighted by molar-refractivity contribution is 7.22. The van der Waals surface area contributed by atoms with Crippen LogP contribution in [0.5, 0.6) is 11.5 Å². The second-order valence-corrected chi connectivity index (χ2v) is 12.7. The first-order valence-corrected chi connectivity index (χ1v) is 15.7. The molecule has 1 aliphatic carbocycles. The summed E-state index contributed by atoms with van der Waals surface area (Å²) >= 11 is 1.48. The number of fused-ring (bicyclic) bond motifs is 1. The molecule has 3 aromatic heterocycles. The maximum atomic E-state index is 14.9. The number of nitrogens with two attached hydrogens (primary N) is 1. The fourth-order valence-electron chi connectivity index (χ4n) is 5.03. The molecule has 1 aromatic carbocycles. The monoisotopic (exact) mass is 617 g/mol. The van der Waals surface area contributed by atoms with E-state index in [1.807, 2.05) is 37.1 Å². The highest BCUT2D eigenvalue weighted by atomic mass is 32.1. The zero-order valence-electron chi connectivity index (χ0n) is 24.8.